The molecule has 0 fully saturated rings. The van der Waals surface area contributed by atoms with Crippen molar-refractivity contribution >= 4 is 11.6 Å². The maximum absolute atomic E-state index is 14.1. The van der Waals surface area contributed by atoms with Gasteiger partial charge in [-0.3, -0.25) is 4.79 Å². The number of nitrogens with one attached hydrogen (secondary N) is 1. The average molecular weight is 326 g/mol. The van der Waals surface area contributed by atoms with Crippen LogP contribution in [0.3, 0.4) is 0 Å². The summed E-state index contributed by atoms with van der Waals surface area (Å²) in [5.41, 5.74) is 1.70. The molecular weight excluding hydrogens is 311 g/mol. The fourth-order valence-corrected chi connectivity index (χ4v) is 2.08. The van der Waals surface area contributed by atoms with Gasteiger partial charge in [0.15, 0.2) is 12.4 Å². The molecule has 2 aromatic carbocycles. The monoisotopic (exact) mass is 326 g/mol. The molecule has 0 aliphatic heterocycles. The number of hydrogen-bond acceptors (Lipinski definition) is 4. The average Bonchev–Trinajstić information content (AvgIpc) is 3.09. The Morgan fingerprint density at radius 2 is 2.04 bits per heavy atom. The van der Waals surface area contributed by atoms with Gasteiger partial charge in [-0.15, -0.1) is 0 Å². The van der Waals surface area contributed by atoms with Crippen LogP contribution < -0.4 is 10.1 Å². The standard InChI is InChI=1S/C17H15FN4O2/c1-12-2-5-14(6-3-12)24-9-17(23)21-13-4-7-16(15(18)8-13)22-11-19-10-20-22/h2-8,10-11H,9H2,1H3,(H,21,23). The van der Waals surface area contributed by atoms with Crippen molar-refractivity contribution in [2.24, 2.45) is 0 Å². The smallest absolute Gasteiger partial charge is 0.262 e. The van der Waals surface area contributed by atoms with E-state index in [1.807, 2.05) is 19.1 Å². The van der Waals surface area contributed by atoms with Crippen LogP contribution in [0.15, 0.2) is 55.1 Å². The van der Waals surface area contributed by atoms with E-state index in [1.165, 1.54) is 29.5 Å². The predicted octanol–water partition coefficient (Wildman–Crippen LogP) is 2.73. The van der Waals surface area contributed by atoms with E-state index in [-0.39, 0.29) is 18.2 Å². The van der Waals surface area contributed by atoms with Gasteiger partial charge in [-0.1, -0.05) is 17.7 Å². The van der Waals surface area contributed by atoms with Crippen LogP contribution in [0.1, 0.15) is 5.56 Å². The zero-order valence-electron chi connectivity index (χ0n) is 12.9. The Hall–Kier alpha value is -3.22. The number of anilines is 1. The summed E-state index contributed by atoms with van der Waals surface area (Å²) in [6, 6.07) is 11.7. The van der Waals surface area contributed by atoms with E-state index >= 15 is 0 Å². The molecule has 6 nitrogen and oxygen atoms in total. The maximum atomic E-state index is 14.1. The van der Waals surface area contributed by atoms with Crippen LogP contribution in [0.25, 0.3) is 5.69 Å². The van der Waals surface area contributed by atoms with Gasteiger partial charge in [0.25, 0.3) is 5.91 Å². The third-order valence-electron chi connectivity index (χ3n) is 3.29. The molecule has 7 heteroatoms. The van der Waals surface area contributed by atoms with Crippen LogP contribution in [-0.4, -0.2) is 27.3 Å². The molecule has 24 heavy (non-hydrogen) atoms. The predicted molar refractivity (Wildman–Crippen MR) is 86.6 cm³/mol. The molecule has 0 spiro atoms. The first-order valence-corrected chi connectivity index (χ1v) is 7.26. The molecule has 1 aromatic heterocycles. The Morgan fingerprint density at radius 3 is 2.71 bits per heavy atom. The zero-order chi connectivity index (χ0) is 16.9. The van der Waals surface area contributed by atoms with Gasteiger partial charge in [-0.05, 0) is 37.3 Å². The number of carbonyl (C=O) groups is 1. The first kappa shape index (κ1) is 15.7. The molecule has 3 rings (SSSR count). The molecule has 3 aromatic rings. The summed E-state index contributed by atoms with van der Waals surface area (Å²) >= 11 is 0. The number of nitrogens with zero attached hydrogens (tertiary/aromatic N) is 3. The summed E-state index contributed by atoms with van der Waals surface area (Å²) in [5, 5.41) is 6.45. The molecule has 1 amide bonds. The van der Waals surface area contributed by atoms with E-state index in [4.69, 9.17) is 4.74 Å². The zero-order valence-corrected chi connectivity index (χ0v) is 12.9. The van der Waals surface area contributed by atoms with Gasteiger partial charge < -0.3 is 10.1 Å². The second-order valence-electron chi connectivity index (χ2n) is 5.16. The minimum absolute atomic E-state index is 0.157. The normalized spacial score (nSPS) is 10.4. The number of aromatic nitrogens is 3. The van der Waals surface area contributed by atoms with Crippen LogP contribution in [0, 0.1) is 12.7 Å². The number of benzene rings is 2. The summed E-state index contributed by atoms with van der Waals surface area (Å²) in [4.78, 5) is 15.7. The summed E-state index contributed by atoms with van der Waals surface area (Å²) in [6.45, 7) is 1.81. The number of carbonyl (C=O) groups excluding carboxylic acids is 1. The SMILES string of the molecule is Cc1ccc(OCC(=O)Nc2ccc(-n3cncn3)c(F)c2)cc1. The quantitative estimate of drug-likeness (QED) is 0.783. The number of hydrogen-bond donors (Lipinski definition) is 1. The molecule has 0 radical (unpaired) electrons. The van der Waals surface area contributed by atoms with Gasteiger partial charge in [0.2, 0.25) is 0 Å². The van der Waals surface area contributed by atoms with E-state index in [0.29, 0.717) is 11.4 Å². The van der Waals surface area contributed by atoms with Crippen LogP contribution in [-0.2, 0) is 4.79 Å². The van der Waals surface area contributed by atoms with Crippen LogP contribution in [0.5, 0.6) is 5.75 Å². The molecule has 1 N–H and O–H groups in total. The third-order valence-corrected chi connectivity index (χ3v) is 3.29. The largest absolute Gasteiger partial charge is 0.484 e. The Morgan fingerprint density at radius 1 is 1.25 bits per heavy atom. The van der Waals surface area contributed by atoms with Crippen molar-refractivity contribution in [2.45, 2.75) is 6.92 Å². The maximum Gasteiger partial charge on any atom is 0.262 e. The lowest BCUT2D eigenvalue weighted by Crippen LogP contribution is -2.20. The Balaban J connectivity index is 1.60. The number of rotatable bonds is 5. The van der Waals surface area contributed by atoms with Crippen LogP contribution >= 0.6 is 0 Å². The lowest BCUT2D eigenvalue weighted by Gasteiger charge is -2.09. The molecule has 0 atom stereocenters. The molecule has 0 aliphatic rings. The van der Waals surface area contributed by atoms with Crippen LogP contribution in [0.2, 0.25) is 0 Å². The van der Waals surface area contributed by atoms with Crippen molar-refractivity contribution < 1.29 is 13.9 Å². The first-order valence-electron chi connectivity index (χ1n) is 7.26. The summed E-state index contributed by atoms with van der Waals surface area (Å²) < 4.78 is 20.8. The van der Waals surface area contributed by atoms with Gasteiger partial charge in [-0.2, -0.15) is 5.10 Å². The number of halogens is 1. The molecule has 0 unspecified atom stereocenters. The Bertz CT molecular complexity index is 832. The minimum atomic E-state index is -0.516. The fourth-order valence-electron chi connectivity index (χ4n) is 2.08. The molecule has 0 saturated carbocycles. The second kappa shape index (κ2) is 6.91. The van der Waals surface area contributed by atoms with Crippen molar-refractivity contribution in [1.82, 2.24) is 14.8 Å². The van der Waals surface area contributed by atoms with E-state index in [2.05, 4.69) is 15.4 Å². The third kappa shape index (κ3) is 3.75. The molecule has 1 heterocycles. The molecule has 122 valence electrons. The van der Waals surface area contributed by atoms with Gasteiger partial charge in [-0.25, -0.2) is 14.1 Å². The summed E-state index contributed by atoms with van der Waals surface area (Å²) in [7, 11) is 0. The van der Waals surface area contributed by atoms with Crippen molar-refractivity contribution in [2.75, 3.05) is 11.9 Å². The highest BCUT2D eigenvalue weighted by Gasteiger charge is 2.09. The van der Waals surface area contributed by atoms with Crippen molar-refractivity contribution in [3.63, 3.8) is 0 Å². The van der Waals surface area contributed by atoms with Crippen molar-refractivity contribution in [3.8, 4) is 11.4 Å². The minimum Gasteiger partial charge on any atom is -0.484 e. The number of ether oxygens (including phenoxy) is 1. The van der Waals surface area contributed by atoms with Crippen molar-refractivity contribution in [3.05, 3.63) is 66.5 Å². The van der Waals surface area contributed by atoms with E-state index in [0.717, 1.165) is 5.56 Å². The van der Waals surface area contributed by atoms with E-state index in [1.54, 1.807) is 18.2 Å². The van der Waals surface area contributed by atoms with Crippen LogP contribution in [0.4, 0.5) is 10.1 Å². The van der Waals surface area contributed by atoms with Crippen molar-refractivity contribution in [1.29, 1.82) is 0 Å². The van der Waals surface area contributed by atoms with Gasteiger partial charge in [0.1, 0.15) is 24.1 Å². The summed E-state index contributed by atoms with van der Waals surface area (Å²) in [6.07, 6.45) is 2.71. The van der Waals surface area contributed by atoms with E-state index in [9.17, 15) is 9.18 Å². The Labute approximate surface area is 137 Å². The highest BCUT2D eigenvalue weighted by Crippen LogP contribution is 2.17. The van der Waals surface area contributed by atoms with Gasteiger partial charge in [0, 0.05) is 5.69 Å². The number of aryl methyl sites for hydroxylation is 1. The molecular formula is C17H15FN4O2. The topological polar surface area (TPSA) is 69.0 Å². The fraction of sp³-hybridized carbons (Fsp3) is 0.118. The van der Waals surface area contributed by atoms with Gasteiger partial charge in [0.05, 0.1) is 0 Å². The highest BCUT2D eigenvalue weighted by atomic mass is 19.1. The lowest BCUT2D eigenvalue weighted by atomic mass is 10.2. The highest BCUT2D eigenvalue weighted by molar-refractivity contribution is 5.91. The molecule has 0 bridgehead atoms. The first-order chi connectivity index (χ1) is 11.6. The summed E-state index contributed by atoms with van der Waals surface area (Å²) in [5.74, 6) is -0.287. The number of amides is 1. The molecule has 0 aliphatic carbocycles. The lowest BCUT2D eigenvalue weighted by molar-refractivity contribution is -0.118. The van der Waals surface area contributed by atoms with Gasteiger partial charge >= 0.3 is 0 Å². The second-order valence-corrected chi connectivity index (χ2v) is 5.16. The van der Waals surface area contributed by atoms with E-state index < -0.39 is 5.82 Å². The molecule has 0 saturated heterocycles. The Kier molecular flexibility index (Phi) is 4.51.